The Kier molecular flexibility index (Phi) is 17.5. The number of rotatable bonds is 11. The van der Waals surface area contributed by atoms with Gasteiger partial charge in [0.15, 0.2) is 0 Å². The first kappa shape index (κ1) is 29.4. The standard InChI is InChI=1S/C12H22O4.2C8H10/c13-11(14)9-7-5-3-1-2-4-6-8-10-12(15)16;1-7-3-5-8(2)6-4-7;1-7-5-3-4-6-8(7)2/h1-10H2,(H,13,14)(H,15,16);2*3-6H,1-2H3. The molecule has 0 aliphatic carbocycles. The van der Waals surface area contributed by atoms with E-state index in [1.807, 2.05) is 0 Å². The van der Waals surface area contributed by atoms with Crippen LogP contribution in [0.4, 0.5) is 0 Å². The molecule has 0 aliphatic heterocycles. The Labute approximate surface area is 194 Å². The van der Waals surface area contributed by atoms with Crippen LogP contribution in [0, 0.1) is 27.7 Å². The Hall–Kier alpha value is -2.62. The van der Waals surface area contributed by atoms with Gasteiger partial charge in [0, 0.05) is 12.8 Å². The van der Waals surface area contributed by atoms with E-state index in [1.54, 1.807) is 0 Å². The maximum Gasteiger partial charge on any atom is 0.303 e. The molecule has 2 aromatic carbocycles. The molecule has 0 saturated heterocycles. The summed E-state index contributed by atoms with van der Waals surface area (Å²) in [5.74, 6) is -1.43. The lowest BCUT2D eigenvalue weighted by atomic mass is 10.1. The number of carboxylic acids is 2. The molecule has 178 valence electrons. The van der Waals surface area contributed by atoms with Gasteiger partial charge in [0.05, 0.1) is 0 Å². The summed E-state index contributed by atoms with van der Waals surface area (Å²) in [7, 11) is 0. The Morgan fingerprint density at radius 1 is 0.531 bits per heavy atom. The summed E-state index contributed by atoms with van der Waals surface area (Å²) in [6.45, 7) is 8.43. The third kappa shape index (κ3) is 19.3. The lowest BCUT2D eigenvalue weighted by Crippen LogP contribution is -1.94. The average Bonchev–Trinajstić information content (AvgIpc) is 2.74. The second kappa shape index (κ2) is 19.1. The first-order chi connectivity index (χ1) is 15.2. The SMILES string of the molecule is Cc1ccc(C)cc1.Cc1ccccc1C.O=C(O)CCCCCCCCCCC(=O)O. The van der Waals surface area contributed by atoms with Crippen LogP contribution in [-0.4, -0.2) is 22.2 Å². The Balaban J connectivity index is 0.000000497. The van der Waals surface area contributed by atoms with Crippen molar-refractivity contribution in [2.75, 3.05) is 0 Å². The fraction of sp³-hybridized carbons (Fsp3) is 0.500. The van der Waals surface area contributed by atoms with Gasteiger partial charge in [0.2, 0.25) is 0 Å². The number of hydrogen-bond donors (Lipinski definition) is 2. The molecule has 0 aromatic heterocycles. The van der Waals surface area contributed by atoms with Crippen molar-refractivity contribution in [1.29, 1.82) is 0 Å². The van der Waals surface area contributed by atoms with Crippen LogP contribution in [0.3, 0.4) is 0 Å². The molecule has 0 atom stereocenters. The normalized spacial score (nSPS) is 9.75. The van der Waals surface area contributed by atoms with Crippen molar-refractivity contribution in [2.45, 2.75) is 91.9 Å². The number of aryl methyl sites for hydroxylation is 4. The highest BCUT2D eigenvalue weighted by Gasteiger charge is 1.98. The fourth-order valence-corrected chi connectivity index (χ4v) is 2.91. The van der Waals surface area contributed by atoms with Crippen LogP contribution in [0.5, 0.6) is 0 Å². The third-order valence-corrected chi connectivity index (χ3v) is 5.18. The van der Waals surface area contributed by atoms with Gasteiger partial charge in [-0.05, 0) is 51.7 Å². The maximum absolute atomic E-state index is 10.2. The molecule has 0 aliphatic rings. The Morgan fingerprint density at radius 3 is 1.06 bits per heavy atom. The van der Waals surface area contributed by atoms with Crippen molar-refractivity contribution in [3.8, 4) is 0 Å². The van der Waals surface area contributed by atoms with E-state index < -0.39 is 11.9 Å². The zero-order chi connectivity index (χ0) is 24.2. The lowest BCUT2D eigenvalue weighted by Gasteiger charge is -2.00. The monoisotopic (exact) mass is 442 g/mol. The maximum atomic E-state index is 10.2. The summed E-state index contributed by atoms with van der Waals surface area (Å²) in [5, 5.41) is 16.8. The van der Waals surface area contributed by atoms with Crippen molar-refractivity contribution >= 4 is 11.9 Å². The number of hydrogen-bond acceptors (Lipinski definition) is 2. The van der Waals surface area contributed by atoms with Crippen LogP contribution in [0.25, 0.3) is 0 Å². The lowest BCUT2D eigenvalue weighted by molar-refractivity contribution is -0.138. The van der Waals surface area contributed by atoms with Crippen LogP contribution >= 0.6 is 0 Å². The smallest absolute Gasteiger partial charge is 0.303 e. The minimum absolute atomic E-state index is 0.276. The molecule has 0 saturated carbocycles. The third-order valence-electron chi connectivity index (χ3n) is 5.18. The van der Waals surface area contributed by atoms with E-state index in [4.69, 9.17) is 10.2 Å². The fourth-order valence-electron chi connectivity index (χ4n) is 2.91. The second-order valence-corrected chi connectivity index (χ2v) is 8.35. The van der Waals surface area contributed by atoms with E-state index in [2.05, 4.69) is 76.2 Å². The molecule has 0 bridgehead atoms. The van der Waals surface area contributed by atoms with Crippen LogP contribution in [0.1, 0.15) is 86.5 Å². The molecule has 0 fully saturated rings. The molecule has 4 nitrogen and oxygen atoms in total. The van der Waals surface area contributed by atoms with Gasteiger partial charge in [-0.3, -0.25) is 9.59 Å². The van der Waals surface area contributed by atoms with Gasteiger partial charge in [-0.25, -0.2) is 0 Å². The Morgan fingerprint density at radius 2 is 0.812 bits per heavy atom. The van der Waals surface area contributed by atoms with Gasteiger partial charge < -0.3 is 10.2 Å². The molecule has 2 rings (SSSR count). The number of carbonyl (C=O) groups is 2. The van der Waals surface area contributed by atoms with Crippen molar-refractivity contribution in [1.82, 2.24) is 0 Å². The average molecular weight is 443 g/mol. The highest BCUT2D eigenvalue weighted by Crippen LogP contribution is 2.10. The van der Waals surface area contributed by atoms with Gasteiger partial charge in [0.25, 0.3) is 0 Å². The molecule has 4 heteroatoms. The second-order valence-electron chi connectivity index (χ2n) is 8.35. The summed E-state index contributed by atoms with van der Waals surface area (Å²) >= 11 is 0. The van der Waals surface area contributed by atoms with Gasteiger partial charge in [0.1, 0.15) is 0 Å². The highest BCUT2D eigenvalue weighted by atomic mass is 16.4. The van der Waals surface area contributed by atoms with Crippen molar-refractivity contribution < 1.29 is 19.8 Å². The first-order valence-corrected chi connectivity index (χ1v) is 11.7. The molecule has 0 unspecified atom stereocenters. The molecule has 0 spiro atoms. The zero-order valence-electron chi connectivity index (χ0n) is 20.4. The predicted octanol–water partition coefficient (Wildman–Crippen LogP) is 7.66. The quantitative estimate of drug-likeness (QED) is 0.350. The van der Waals surface area contributed by atoms with Crippen LogP contribution < -0.4 is 0 Å². The molecule has 0 heterocycles. The van der Waals surface area contributed by atoms with Crippen molar-refractivity contribution in [3.05, 3.63) is 70.8 Å². The minimum atomic E-state index is -0.714. The van der Waals surface area contributed by atoms with Gasteiger partial charge in [-0.1, -0.05) is 98.2 Å². The number of unbranched alkanes of at least 4 members (excludes halogenated alkanes) is 7. The van der Waals surface area contributed by atoms with Crippen LogP contribution in [-0.2, 0) is 9.59 Å². The van der Waals surface area contributed by atoms with E-state index in [0.29, 0.717) is 0 Å². The number of aliphatic carboxylic acids is 2. The van der Waals surface area contributed by atoms with Crippen LogP contribution in [0.15, 0.2) is 48.5 Å². The van der Waals surface area contributed by atoms with E-state index >= 15 is 0 Å². The highest BCUT2D eigenvalue weighted by molar-refractivity contribution is 5.66. The topological polar surface area (TPSA) is 74.6 Å². The van der Waals surface area contributed by atoms with E-state index in [-0.39, 0.29) is 12.8 Å². The van der Waals surface area contributed by atoms with E-state index in [0.717, 1.165) is 51.4 Å². The van der Waals surface area contributed by atoms with E-state index in [9.17, 15) is 9.59 Å². The van der Waals surface area contributed by atoms with Crippen molar-refractivity contribution in [3.63, 3.8) is 0 Å². The summed E-state index contributed by atoms with van der Waals surface area (Å²) in [5.41, 5.74) is 5.39. The molecule has 2 aromatic rings. The summed E-state index contributed by atoms with van der Waals surface area (Å²) < 4.78 is 0. The van der Waals surface area contributed by atoms with Crippen molar-refractivity contribution in [2.24, 2.45) is 0 Å². The summed E-state index contributed by atoms with van der Waals surface area (Å²) in [4.78, 5) is 20.4. The van der Waals surface area contributed by atoms with Crippen LogP contribution in [0.2, 0.25) is 0 Å². The van der Waals surface area contributed by atoms with Gasteiger partial charge in [-0.15, -0.1) is 0 Å². The van der Waals surface area contributed by atoms with E-state index in [1.165, 1.54) is 22.3 Å². The zero-order valence-corrected chi connectivity index (χ0v) is 20.4. The summed E-state index contributed by atoms with van der Waals surface area (Å²) in [6.07, 6.45) is 8.51. The number of carboxylic acid groups (broad SMARTS) is 2. The molecule has 0 amide bonds. The molecule has 2 N–H and O–H groups in total. The Bertz CT molecular complexity index is 686. The predicted molar refractivity (Wildman–Crippen MR) is 133 cm³/mol. The van der Waals surface area contributed by atoms with Gasteiger partial charge in [-0.2, -0.15) is 0 Å². The number of benzene rings is 2. The largest absolute Gasteiger partial charge is 0.481 e. The first-order valence-electron chi connectivity index (χ1n) is 11.7. The molecular weight excluding hydrogens is 400 g/mol. The van der Waals surface area contributed by atoms with Gasteiger partial charge >= 0.3 is 11.9 Å². The molecule has 0 radical (unpaired) electrons. The minimum Gasteiger partial charge on any atom is -0.481 e. The molecular formula is C28H42O4. The summed E-state index contributed by atoms with van der Waals surface area (Å²) in [6, 6.07) is 16.8. The molecule has 32 heavy (non-hydrogen) atoms.